The Labute approximate surface area is 200 Å². The molecule has 1 atom stereocenters. The third-order valence-electron chi connectivity index (χ3n) is 5.71. The lowest BCUT2D eigenvalue weighted by Crippen LogP contribution is -2.31. The molecule has 6 nitrogen and oxygen atoms in total. The molecule has 7 heteroatoms. The van der Waals surface area contributed by atoms with E-state index in [0.29, 0.717) is 34.2 Å². The van der Waals surface area contributed by atoms with Crippen LogP contribution in [0.1, 0.15) is 29.1 Å². The first-order valence-electron chi connectivity index (χ1n) is 10.8. The van der Waals surface area contributed by atoms with Gasteiger partial charge in [-0.05, 0) is 61.0 Å². The number of benzene rings is 3. The maximum absolute atomic E-state index is 13.6. The second-order valence-electron chi connectivity index (χ2n) is 7.80. The van der Waals surface area contributed by atoms with E-state index >= 15 is 0 Å². The Kier molecular flexibility index (Phi) is 5.59. The van der Waals surface area contributed by atoms with Crippen molar-refractivity contribution in [2.24, 2.45) is 0 Å². The number of carbonyl (C=O) groups is 2. The third kappa shape index (κ3) is 3.72. The molecule has 3 aromatic carbocycles. The zero-order chi connectivity index (χ0) is 23.8. The van der Waals surface area contributed by atoms with Crippen LogP contribution in [-0.4, -0.2) is 23.4 Å². The van der Waals surface area contributed by atoms with Crippen molar-refractivity contribution < 1.29 is 23.8 Å². The highest BCUT2D eigenvalue weighted by molar-refractivity contribution is 6.30. The molecule has 1 amide bonds. The highest BCUT2D eigenvalue weighted by atomic mass is 35.5. The highest BCUT2D eigenvalue weighted by Gasteiger charge is 2.45. The molecule has 4 aromatic rings. The lowest BCUT2D eigenvalue weighted by molar-refractivity contribution is -0.117. The zero-order valence-electron chi connectivity index (χ0n) is 18.2. The predicted molar refractivity (Wildman–Crippen MR) is 129 cm³/mol. The largest absolute Gasteiger partial charge is 0.503 e. The number of anilines is 1. The number of rotatable bonds is 6. The Bertz CT molecular complexity index is 1390. The second-order valence-corrected chi connectivity index (χ2v) is 8.23. The van der Waals surface area contributed by atoms with Gasteiger partial charge >= 0.3 is 0 Å². The molecule has 0 saturated carbocycles. The molecule has 0 radical (unpaired) electrons. The van der Waals surface area contributed by atoms with E-state index in [1.54, 1.807) is 66.7 Å². The zero-order valence-corrected chi connectivity index (χ0v) is 19.0. The Morgan fingerprint density at radius 2 is 1.76 bits per heavy atom. The second kappa shape index (κ2) is 8.72. The van der Waals surface area contributed by atoms with Crippen molar-refractivity contribution >= 4 is 39.9 Å². The number of furan rings is 1. The number of aliphatic hydroxyl groups is 1. The van der Waals surface area contributed by atoms with Crippen LogP contribution in [-0.2, 0) is 4.79 Å². The van der Waals surface area contributed by atoms with E-state index in [-0.39, 0.29) is 11.3 Å². The fraction of sp³-hybridized carbons (Fsp3) is 0.111. The van der Waals surface area contributed by atoms with Crippen LogP contribution >= 0.6 is 11.6 Å². The predicted octanol–water partition coefficient (Wildman–Crippen LogP) is 6.27. The molecule has 5 rings (SSSR count). The Hall–Kier alpha value is -4.03. The minimum Gasteiger partial charge on any atom is -0.503 e. The summed E-state index contributed by atoms with van der Waals surface area (Å²) >= 11 is 6.04. The average Bonchev–Trinajstić information content (AvgIpc) is 3.39. The van der Waals surface area contributed by atoms with E-state index in [2.05, 4.69) is 0 Å². The number of carbonyl (C=O) groups excluding carboxylic acids is 2. The van der Waals surface area contributed by atoms with Crippen molar-refractivity contribution in [3.8, 4) is 5.75 Å². The molecule has 0 saturated heterocycles. The van der Waals surface area contributed by atoms with Crippen molar-refractivity contribution in [1.29, 1.82) is 0 Å². The topological polar surface area (TPSA) is 80.0 Å². The van der Waals surface area contributed by atoms with E-state index in [9.17, 15) is 14.7 Å². The molecule has 1 aliphatic rings. The number of ether oxygens (including phenoxy) is 1. The number of halogens is 1. The summed E-state index contributed by atoms with van der Waals surface area (Å²) in [5.41, 5.74) is 1.62. The highest BCUT2D eigenvalue weighted by Crippen LogP contribution is 2.42. The minimum absolute atomic E-state index is 0.0458. The van der Waals surface area contributed by atoms with Gasteiger partial charge in [-0.1, -0.05) is 41.9 Å². The maximum atomic E-state index is 13.6. The lowest BCUT2D eigenvalue weighted by Gasteiger charge is -2.27. The number of ketones is 1. The SMILES string of the molecule is CCOc1ccc(C2C(C(=O)c3cc4ccccc4o3)=C(O)C(=O)N2c2ccc(Cl)cc2)cc1. The first-order valence-corrected chi connectivity index (χ1v) is 11.1. The Balaban J connectivity index is 1.63. The number of nitrogens with zero attached hydrogens (tertiary/aromatic N) is 1. The molecular formula is C27H20ClNO5. The van der Waals surface area contributed by atoms with E-state index in [4.69, 9.17) is 20.8 Å². The summed E-state index contributed by atoms with van der Waals surface area (Å²) < 4.78 is 11.3. The standard InChI is InChI=1S/C27H20ClNO5/c1-2-33-20-13-7-16(8-14-20)24-23(25(30)22-15-17-5-3-4-6-21(17)34-22)26(31)27(32)29(24)19-11-9-18(28)10-12-19/h3-15,24,31H,2H2,1H3. The first-order chi connectivity index (χ1) is 16.5. The number of hydrogen-bond acceptors (Lipinski definition) is 5. The van der Waals surface area contributed by atoms with Crippen LogP contribution in [0, 0.1) is 0 Å². The van der Waals surface area contributed by atoms with Gasteiger partial charge in [0.2, 0.25) is 5.78 Å². The number of Topliss-reactive ketones (excluding diaryl/α,β-unsaturated/α-hetero) is 1. The summed E-state index contributed by atoms with van der Waals surface area (Å²) in [4.78, 5) is 28.2. The summed E-state index contributed by atoms with van der Waals surface area (Å²) in [6.45, 7) is 2.39. The van der Waals surface area contributed by atoms with E-state index in [0.717, 1.165) is 5.39 Å². The fourth-order valence-corrected chi connectivity index (χ4v) is 4.29. The molecule has 2 heterocycles. The Morgan fingerprint density at radius 3 is 2.44 bits per heavy atom. The smallest absolute Gasteiger partial charge is 0.294 e. The molecule has 34 heavy (non-hydrogen) atoms. The number of amides is 1. The van der Waals surface area contributed by atoms with Gasteiger partial charge in [-0.3, -0.25) is 14.5 Å². The van der Waals surface area contributed by atoms with Gasteiger partial charge in [0.05, 0.1) is 18.2 Å². The quantitative estimate of drug-likeness (QED) is 0.334. The fourth-order valence-electron chi connectivity index (χ4n) is 4.16. The van der Waals surface area contributed by atoms with Gasteiger partial charge in [0.1, 0.15) is 11.3 Å². The maximum Gasteiger partial charge on any atom is 0.294 e. The number of fused-ring (bicyclic) bond motifs is 1. The lowest BCUT2D eigenvalue weighted by atomic mass is 9.94. The van der Waals surface area contributed by atoms with E-state index < -0.39 is 23.5 Å². The number of aliphatic hydroxyl groups excluding tert-OH is 1. The monoisotopic (exact) mass is 473 g/mol. The molecular weight excluding hydrogens is 454 g/mol. The molecule has 0 bridgehead atoms. The van der Waals surface area contributed by atoms with Crippen molar-refractivity contribution in [2.75, 3.05) is 11.5 Å². The van der Waals surface area contributed by atoms with Crippen LogP contribution in [0.5, 0.6) is 5.75 Å². The van der Waals surface area contributed by atoms with E-state index in [1.807, 2.05) is 19.1 Å². The van der Waals surface area contributed by atoms with Gasteiger partial charge in [-0.15, -0.1) is 0 Å². The van der Waals surface area contributed by atoms with Crippen molar-refractivity contribution in [3.05, 3.63) is 107 Å². The third-order valence-corrected chi connectivity index (χ3v) is 5.97. The van der Waals surface area contributed by atoms with Crippen molar-refractivity contribution in [3.63, 3.8) is 0 Å². The van der Waals surface area contributed by atoms with Gasteiger partial charge in [0.15, 0.2) is 11.5 Å². The number of hydrogen-bond donors (Lipinski definition) is 1. The van der Waals surface area contributed by atoms with Gasteiger partial charge in [-0.2, -0.15) is 0 Å². The molecule has 1 N–H and O–H groups in total. The van der Waals surface area contributed by atoms with Gasteiger partial charge in [0.25, 0.3) is 5.91 Å². The van der Waals surface area contributed by atoms with Crippen LogP contribution in [0.4, 0.5) is 5.69 Å². The van der Waals surface area contributed by atoms with Gasteiger partial charge in [-0.25, -0.2) is 0 Å². The summed E-state index contributed by atoms with van der Waals surface area (Å²) in [7, 11) is 0. The summed E-state index contributed by atoms with van der Waals surface area (Å²) in [5.74, 6) is -1.14. The average molecular weight is 474 g/mol. The minimum atomic E-state index is -0.870. The van der Waals surface area contributed by atoms with E-state index in [1.165, 1.54) is 4.90 Å². The van der Waals surface area contributed by atoms with Crippen LogP contribution in [0.3, 0.4) is 0 Å². The van der Waals surface area contributed by atoms with Crippen LogP contribution in [0.15, 0.2) is 94.6 Å². The molecule has 0 spiro atoms. The summed E-state index contributed by atoms with van der Waals surface area (Å²) in [6.07, 6.45) is 0. The first kappa shape index (κ1) is 21.8. The van der Waals surface area contributed by atoms with Crippen LogP contribution < -0.4 is 9.64 Å². The van der Waals surface area contributed by atoms with Crippen molar-refractivity contribution in [1.82, 2.24) is 0 Å². The van der Waals surface area contributed by atoms with Gasteiger partial charge < -0.3 is 14.3 Å². The molecule has 0 aliphatic carbocycles. The molecule has 1 aliphatic heterocycles. The normalized spacial score (nSPS) is 15.9. The Morgan fingerprint density at radius 1 is 1.06 bits per heavy atom. The molecule has 170 valence electrons. The molecule has 1 aromatic heterocycles. The molecule has 0 fully saturated rings. The number of para-hydroxylation sites is 1. The van der Waals surface area contributed by atoms with Crippen molar-refractivity contribution in [2.45, 2.75) is 13.0 Å². The van der Waals surface area contributed by atoms with Crippen LogP contribution in [0.2, 0.25) is 5.02 Å². The van der Waals surface area contributed by atoms with Crippen LogP contribution in [0.25, 0.3) is 11.0 Å². The summed E-state index contributed by atoms with van der Waals surface area (Å²) in [5, 5.41) is 12.2. The molecule has 1 unspecified atom stereocenters. The van der Waals surface area contributed by atoms with Gasteiger partial charge in [0, 0.05) is 16.1 Å². The summed E-state index contributed by atoms with van der Waals surface area (Å²) in [6, 6.07) is 21.7.